The fourth-order valence-electron chi connectivity index (χ4n) is 1.72. The Morgan fingerprint density at radius 3 is 2.94 bits per heavy atom. The molecule has 0 radical (unpaired) electrons. The van der Waals surface area contributed by atoms with E-state index in [4.69, 9.17) is 11.6 Å². The van der Waals surface area contributed by atoms with Gasteiger partial charge in [-0.1, -0.05) is 37.8 Å². The Bertz CT molecular complexity index is 466. The molecule has 2 aromatic rings. The van der Waals surface area contributed by atoms with Gasteiger partial charge in [0, 0.05) is 18.8 Å². The molecule has 4 nitrogen and oxygen atoms in total. The number of aromatic nitrogens is 4. The molecule has 0 amide bonds. The number of rotatable bonds is 5. The Hall–Kier alpha value is -1.16. The molecule has 0 aromatic carbocycles. The van der Waals surface area contributed by atoms with Gasteiger partial charge in [-0.15, -0.1) is 10.2 Å². The molecule has 0 bridgehead atoms. The van der Waals surface area contributed by atoms with Crippen LogP contribution < -0.4 is 0 Å². The zero-order valence-corrected chi connectivity index (χ0v) is 10.1. The number of hydrogen-bond acceptors (Lipinski definition) is 3. The van der Waals surface area contributed by atoms with Crippen molar-refractivity contribution in [3.8, 4) is 0 Å². The lowest BCUT2D eigenvalue weighted by Crippen LogP contribution is -1.95. The molecule has 16 heavy (non-hydrogen) atoms. The molecule has 0 aliphatic rings. The van der Waals surface area contributed by atoms with Crippen molar-refractivity contribution in [1.29, 1.82) is 0 Å². The second-order valence-electron chi connectivity index (χ2n) is 3.84. The lowest BCUT2D eigenvalue weighted by atomic mass is 10.1. The van der Waals surface area contributed by atoms with Crippen LogP contribution in [-0.4, -0.2) is 19.6 Å². The molecule has 0 saturated heterocycles. The van der Waals surface area contributed by atoms with Gasteiger partial charge in [0.25, 0.3) is 0 Å². The van der Waals surface area contributed by atoms with Crippen LogP contribution in [0.15, 0.2) is 12.4 Å². The van der Waals surface area contributed by atoms with Gasteiger partial charge < -0.3 is 0 Å². The predicted octanol–water partition coefficient (Wildman–Crippen LogP) is 2.90. The van der Waals surface area contributed by atoms with Crippen LogP contribution in [0.25, 0.3) is 5.65 Å². The average Bonchev–Trinajstić information content (AvgIpc) is 2.70. The summed E-state index contributed by atoms with van der Waals surface area (Å²) in [5, 5.41) is 8.59. The van der Waals surface area contributed by atoms with Crippen LogP contribution in [0.1, 0.15) is 38.4 Å². The Labute approximate surface area is 99.7 Å². The van der Waals surface area contributed by atoms with E-state index in [0.717, 1.165) is 18.7 Å². The number of aryl methyl sites for hydroxylation is 1. The van der Waals surface area contributed by atoms with Gasteiger partial charge in [-0.25, -0.2) is 4.98 Å². The van der Waals surface area contributed by atoms with Gasteiger partial charge in [0.15, 0.2) is 10.8 Å². The van der Waals surface area contributed by atoms with Crippen molar-refractivity contribution in [1.82, 2.24) is 19.6 Å². The highest BCUT2D eigenvalue weighted by Gasteiger charge is 2.07. The van der Waals surface area contributed by atoms with Crippen molar-refractivity contribution in [3.63, 3.8) is 0 Å². The van der Waals surface area contributed by atoms with Crippen molar-refractivity contribution in [2.75, 3.05) is 0 Å². The van der Waals surface area contributed by atoms with E-state index in [1.165, 1.54) is 19.3 Å². The number of halogens is 1. The van der Waals surface area contributed by atoms with Gasteiger partial charge >= 0.3 is 0 Å². The summed E-state index contributed by atoms with van der Waals surface area (Å²) in [5.74, 6) is 0.968. The normalized spacial score (nSPS) is 11.1. The minimum Gasteiger partial charge on any atom is -0.282 e. The predicted molar refractivity (Wildman–Crippen MR) is 63.6 cm³/mol. The zero-order chi connectivity index (χ0) is 11.4. The molecular weight excluding hydrogens is 224 g/mol. The van der Waals surface area contributed by atoms with Gasteiger partial charge in [-0.05, 0) is 6.42 Å². The van der Waals surface area contributed by atoms with E-state index < -0.39 is 0 Å². The number of hydrogen-bond donors (Lipinski definition) is 0. The fraction of sp³-hybridized carbons (Fsp3) is 0.545. The summed E-state index contributed by atoms with van der Waals surface area (Å²) >= 11 is 5.92. The van der Waals surface area contributed by atoms with Gasteiger partial charge in [-0.2, -0.15) is 0 Å². The highest BCUT2D eigenvalue weighted by molar-refractivity contribution is 6.32. The summed E-state index contributed by atoms with van der Waals surface area (Å²) in [4.78, 5) is 3.97. The third-order valence-electron chi connectivity index (χ3n) is 2.61. The number of nitrogens with zero attached hydrogens (tertiary/aromatic N) is 4. The van der Waals surface area contributed by atoms with Crippen molar-refractivity contribution in [2.24, 2.45) is 0 Å². The second-order valence-corrected chi connectivity index (χ2v) is 4.20. The number of unbranched alkanes of at least 4 members (excludes halogenated alkanes) is 3. The maximum absolute atomic E-state index is 5.92. The first-order valence-corrected chi connectivity index (χ1v) is 6.05. The minimum atomic E-state index is 0.412. The fourth-order valence-corrected chi connectivity index (χ4v) is 1.91. The highest BCUT2D eigenvalue weighted by Crippen LogP contribution is 2.13. The van der Waals surface area contributed by atoms with E-state index in [2.05, 4.69) is 22.1 Å². The quantitative estimate of drug-likeness (QED) is 0.753. The van der Waals surface area contributed by atoms with E-state index in [9.17, 15) is 0 Å². The summed E-state index contributed by atoms with van der Waals surface area (Å²) in [6.45, 7) is 2.21. The van der Waals surface area contributed by atoms with Crippen LogP contribution in [0, 0.1) is 0 Å². The molecule has 0 unspecified atom stereocenters. The minimum absolute atomic E-state index is 0.412. The summed E-state index contributed by atoms with van der Waals surface area (Å²) in [6, 6.07) is 0. The van der Waals surface area contributed by atoms with Crippen molar-refractivity contribution < 1.29 is 0 Å². The summed E-state index contributed by atoms with van der Waals surface area (Å²) < 4.78 is 1.92. The molecule has 2 rings (SSSR count). The second kappa shape index (κ2) is 5.25. The monoisotopic (exact) mass is 238 g/mol. The van der Waals surface area contributed by atoms with Crippen molar-refractivity contribution >= 4 is 17.2 Å². The molecule has 0 spiro atoms. The maximum Gasteiger partial charge on any atom is 0.198 e. The van der Waals surface area contributed by atoms with Gasteiger partial charge in [0.1, 0.15) is 5.82 Å². The first-order chi connectivity index (χ1) is 7.83. The van der Waals surface area contributed by atoms with Gasteiger partial charge in [-0.3, -0.25) is 4.40 Å². The summed E-state index contributed by atoms with van der Waals surface area (Å²) in [6.07, 6.45) is 9.39. The van der Waals surface area contributed by atoms with Gasteiger partial charge in [0.2, 0.25) is 0 Å². The highest BCUT2D eigenvalue weighted by atomic mass is 35.5. The molecule has 0 fully saturated rings. The van der Waals surface area contributed by atoms with E-state index in [0.29, 0.717) is 10.8 Å². The van der Waals surface area contributed by atoms with Crippen LogP contribution >= 0.6 is 11.6 Å². The van der Waals surface area contributed by atoms with Crippen LogP contribution in [0.2, 0.25) is 5.15 Å². The van der Waals surface area contributed by atoms with Crippen molar-refractivity contribution in [3.05, 3.63) is 23.4 Å². The van der Waals surface area contributed by atoms with Crippen LogP contribution in [-0.2, 0) is 6.42 Å². The van der Waals surface area contributed by atoms with E-state index in [1.807, 2.05) is 10.6 Å². The van der Waals surface area contributed by atoms with E-state index in [1.54, 1.807) is 6.20 Å². The Morgan fingerprint density at radius 2 is 2.12 bits per heavy atom. The molecule has 0 saturated carbocycles. The molecule has 0 aliphatic heterocycles. The first-order valence-electron chi connectivity index (χ1n) is 5.67. The first kappa shape index (κ1) is 11.3. The van der Waals surface area contributed by atoms with Crippen molar-refractivity contribution in [2.45, 2.75) is 39.0 Å². The maximum atomic E-state index is 5.92. The molecular formula is C11H15ClN4. The van der Waals surface area contributed by atoms with Gasteiger partial charge in [0.05, 0.1) is 0 Å². The topological polar surface area (TPSA) is 43.1 Å². The smallest absolute Gasteiger partial charge is 0.198 e. The van der Waals surface area contributed by atoms with E-state index in [-0.39, 0.29) is 0 Å². The zero-order valence-electron chi connectivity index (χ0n) is 9.36. The SMILES string of the molecule is CCCCCCc1nnc2c(Cl)nccn12. The number of fused-ring (bicyclic) bond motifs is 1. The van der Waals surface area contributed by atoms with Crippen LogP contribution in [0.3, 0.4) is 0 Å². The Kier molecular flexibility index (Phi) is 3.72. The molecule has 2 aromatic heterocycles. The van der Waals surface area contributed by atoms with Crippen LogP contribution in [0.5, 0.6) is 0 Å². The molecule has 2 heterocycles. The summed E-state index contributed by atoms with van der Waals surface area (Å²) in [7, 11) is 0. The third-order valence-corrected chi connectivity index (χ3v) is 2.88. The van der Waals surface area contributed by atoms with E-state index >= 15 is 0 Å². The Balaban J connectivity index is 2.10. The Morgan fingerprint density at radius 1 is 1.25 bits per heavy atom. The molecule has 86 valence electrons. The third kappa shape index (κ3) is 2.32. The standard InChI is InChI=1S/C11H15ClN4/c1-2-3-4-5-6-9-14-15-11-10(12)13-7-8-16(9)11/h7-8H,2-6H2,1H3. The molecule has 5 heteroatoms. The molecule has 0 aliphatic carbocycles. The lowest BCUT2D eigenvalue weighted by molar-refractivity contribution is 0.649. The average molecular weight is 239 g/mol. The molecule has 0 atom stereocenters. The summed E-state index contributed by atoms with van der Waals surface area (Å²) in [5.41, 5.74) is 0.648. The largest absolute Gasteiger partial charge is 0.282 e. The molecule has 0 N–H and O–H groups in total. The lowest BCUT2D eigenvalue weighted by Gasteiger charge is -1.99. The van der Waals surface area contributed by atoms with Crippen LogP contribution in [0.4, 0.5) is 0 Å².